The zero-order valence-corrected chi connectivity index (χ0v) is 27.0. The van der Waals surface area contributed by atoms with Crippen LogP contribution in [-0.2, 0) is 0 Å². The van der Waals surface area contributed by atoms with Crippen LogP contribution in [0.3, 0.4) is 0 Å². The van der Waals surface area contributed by atoms with Gasteiger partial charge in [0.25, 0.3) is 0 Å². The maximum Gasteiger partial charge on any atom is 0.0972 e. The highest BCUT2D eigenvalue weighted by molar-refractivity contribution is 6.18. The van der Waals surface area contributed by atoms with Crippen LogP contribution in [0.25, 0.3) is 99.4 Å². The van der Waals surface area contributed by atoms with Crippen molar-refractivity contribution >= 4 is 54.3 Å². The summed E-state index contributed by atoms with van der Waals surface area (Å²) in [5.41, 5.74) is 10.4. The van der Waals surface area contributed by atoms with E-state index in [1.165, 1.54) is 10.8 Å². The molecule has 4 nitrogen and oxygen atoms in total. The minimum atomic E-state index is 0.842. The topological polar surface area (TPSA) is 51.6 Å². The quantitative estimate of drug-likeness (QED) is 0.180. The van der Waals surface area contributed by atoms with Crippen molar-refractivity contribution in [2.24, 2.45) is 0 Å². The molecular weight excluding hydrogens is 609 g/mol. The van der Waals surface area contributed by atoms with Crippen LogP contribution in [0.1, 0.15) is 0 Å². The Labute approximate surface area is 288 Å². The average molecular weight is 637 g/mol. The highest BCUT2D eigenvalue weighted by Crippen LogP contribution is 2.36. The molecule has 4 aromatic heterocycles. The first-order chi connectivity index (χ1) is 24.8. The van der Waals surface area contributed by atoms with Gasteiger partial charge in [-0.3, -0.25) is 0 Å². The van der Waals surface area contributed by atoms with E-state index >= 15 is 0 Å². The fourth-order valence-corrected chi connectivity index (χ4v) is 7.15. The van der Waals surface area contributed by atoms with E-state index in [4.69, 9.17) is 19.9 Å². The monoisotopic (exact) mass is 636 g/mol. The zero-order valence-electron chi connectivity index (χ0n) is 27.0. The first-order valence-corrected chi connectivity index (χ1v) is 16.8. The second-order valence-electron chi connectivity index (χ2n) is 12.6. The fraction of sp³-hybridized carbons (Fsp3) is 0. The molecule has 0 aliphatic heterocycles. The summed E-state index contributed by atoms with van der Waals surface area (Å²) in [4.78, 5) is 20.8. The smallest absolute Gasteiger partial charge is 0.0972 e. The summed E-state index contributed by atoms with van der Waals surface area (Å²) in [7, 11) is 0. The summed E-state index contributed by atoms with van der Waals surface area (Å²) in [6.45, 7) is 0. The van der Waals surface area contributed by atoms with E-state index in [9.17, 15) is 0 Å². The van der Waals surface area contributed by atoms with Gasteiger partial charge in [0.15, 0.2) is 0 Å². The van der Waals surface area contributed by atoms with E-state index in [1.807, 2.05) is 18.2 Å². The van der Waals surface area contributed by atoms with Crippen LogP contribution < -0.4 is 0 Å². The molecule has 232 valence electrons. The van der Waals surface area contributed by atoms with Gasteiger partial charge in [-0.1, -0.05) is 140 Å². The van der Waals surface area contributed by atoms with Crippen molar-refractivity contribution in [3.63, 3.8) is 0 Å². The molecule has 6 aromatic carbocycles. The van der Waals surface area contributed by atoms with Crippen LogP contribution in [0, 0.1) is 0 Å². The molecule has 0 atom stereocenters. The Bertz CT molecular complexity index is 2930. The Morgan fingerprint density at radius 1 is 0.260 bits per heavy atom. The third kappa shape index (κ3) is 4.69. The Hall–Kier alpha value is -6.78. The van der Waals surface area contributed by atoms with Crippen LogP contribution in [0.5, 0.6) is 0 Å². The third-order valence-electron chi connectivity index (χ3n) is 9.63. The van der Waals surface area contributed by atoms with Crippen LogP contribution in [-0.4, -0.2) is 19.9 Å². The summed E-state index contributed by atoms with van der Waals surface area (Å²) >= 11 is 0. The molecule has 0 unspecified atom stereocenters. The molecule has 0 saturated carbocycles. The maximum atomic E-state index is 5.30. The lowest BCUT2D eigenvalue weighted by Gasteiger charge is -2.12. The van der Waals surface area contributed by atoms with Crippen molar-refractivity contribution in [1.29, 1.82) is 0 Å². The van der Waals surface area contributed by atoms with Crippen molar-refractivity contribution in [2.75, 3.05) is 0 Å². The number of nitrogens with zero attached hydrogens (tertiary/aromatic N) is 4. The predicted octanol–water partition coefficient (Wildman–Crippen LogP) is 11.7. The standard InChI is InChI=1S/C46H28N4/c1-2-11-30(12-3-1)40-26-23-31-20-21-32-24-27-41(49-44(32)43(31)48-40)34-14-8-13-33(28-34)39-18-9-19-42(47-39)46-37-17-7-6-16-36(37)38-25-22-29-10-4-5-15-35(29)45(38)50-46/h1-28H. The Balaban J connectivity index is 1.08. The Kier molecular flexibility index (Phi) is 6.46. The van der Waals surface area contributed by atoms with Crippen LogP contribution in [0.15, 0.2) is 170 Å². The second kappa shape index (κ2) is 11.4. The molecule has 0 fully saturated rings. The molecule has 4 heterocycles. The first kappa shape index (κ1) is 28.3. The van der Waals surface area contributed by atoms with Crippen molar-refractivity contribution < 1.29 is 0 Å². The Morgan fingerprint density at radius 3 is 1.56 bits per heavy atom. The molecule has 0 bridgehead atoms. The zero-order chi connectivity index (χ0) is 33.0. The van der Waals surface area contributed by atoms with Gasteiger partial charge in [-0.15, -0.1) is 0 Å². The van der Waals surface area contributed by atoms with E-state index in [0.717, 1.165) is 88.6 Å². The highest BCUT2D eigenvalue weighted by atomic mass is 14.8. The third-order valence-corrected chi connectivity index (χ3v) is 9.63. The number of rotatable bonds is 4. The summed E-state index contributed by atoms with van der Waals surface area (Å²) < 4.78 is 0. The summed E-state index contributed by atoms with van der Waals surface area (Å²) in [6.07, 6.45) is 0. The average Bonchev–Trinajstić information content (AvgIpc) is 3.20. The van der Waals surface area contributed by atoms with Crippen molar-refractivity contribution in [3.8, 4) is 45.2 Å². The minimum Gasteiger partial charge on any atom is -0.246 e. The molecule has 10 aromatic rings. The molecule has 0 radical (unpaired) electrons. The van der Waals surface area contributed by atoms with Gasteiger partial charge < -0.3 is 0 Å². The summed E-state index contributed by atoms with van der Waals surface area (Å²) in [6, 6.07) is 59.0. The normalized spacial score (nSPS) is 11.6. The van der Waals surface area contributed by atoms with Gasteiger partial charge >= 0.3 is 0 Å². The number of aromatic nitrogens is 4. The van der Waals surface area contributed by atoms with Gasteiger partial charge in [0.2, 0.25) is 0 Å². The molecule has 0 spiro atoms. The summed E-state index contributed by atoms with van der Waals surface area (Å²) in [5.74, 6) is 0. The van der Waals surface area contributed by atoms with E-state index < -0.39 is 0 Å². The highest BCUT2D eigenvalue weighted by Gasteiger charge is 2.15. The van der Waals surface area contributed by atoms with Crippen LogP contribution in [0.4, 0.5) is 0 Å². The van der Waals surface area contributed by atoms with Crippen LogP contribution in [0.2, 0.25) is 0 Å². The van der Waals surface area contributed by atoms with Crippen molar-refractivity contribution in [3.05, 3.63) is 170 Å². The lowest BCUT2D eigenvalue weighted by molar-refractivity contribution is 1.29. The van der Waals surface area contributed by atoms with Gasteiger partial charge in [0.05, 0.1) is 45.0 Å². The molecule has 0 amide bonds. The predicted molar refractivity (Wildman–Crippen MR) is 207 cm³/mol. The molecule has 0 aliphatic rings. The largest absolute Gasteiger partial charge is 0.246 e. The first-order valence-electron chi connectivity index (χ1n) is 16.8. The van der Waals surface area contributed by atoms with Gasteiger partial charge in [0, 0.05) is 43.6 Å². The molecule has 0 N–H and O–H groups in total. The molecule has 0 saturated heterocycles. The van der Waals surface area contributed by atoms with Crippen LogP contribution >= 0.6 is 0 Å². The maximum absolute atomic E-state index is 5.30. The molecular formula is C46H28N4. The number of hydrogen-bond donors (Lipinski definition) is 0. The van der Waals surface area contributed by atoms with Crippen molar-refractivity contribution in [1.82, 2.24) is 19.9 Å². The van der Waals surface area contributed by atoms with Gasteiger partial charge in [-0.25, -0.2) is 19.9 Å². The van der Waals surface area contributed by atoms with E-state index in [-0.39, 0.29) is 0 Å². The lowest BCUT2D eigenvalue weighted by Crippen LogP contribution is -1.94. The number of benzene rings is 6. The number of pyridine rings is 4. The minimum absolute atomic E-state index is 0.842. The van der Waals surface area contributed by atoms with Crippen molar-refractivity contribution in [2.45, 2.75) is 0 Å². The fourth-order valence-electron chi connectivity index (χ4n) is 7.15. The Morgan fingerprint density at radius 2 is 0.800 bits per heavy atom. The molecule has 4 heteroatoms. The van der Waals surface area contributed by atoms with E-state index in [1.54, 1.807) is 0 Å². The SMILES string of the molecule is c1ccc(-c2ccc3ccc4ccc(-c5cccc(-c6cccc(-c7nc8c9ccccc9ccc8c8ccccc78)n6)c5)nc4c3n2)cc1. The lowest BCUT2D eigenvalue weighted by atomic mass is 9.98. The molecule has 0 aliphatic carbocycles. The van der Waals surface area contributed by atoms with Gasteiger partial charge in [-0.2, -0.15) is 0 Å². The summed E-state index contributed by atoms with van der Waals surface area (Å²) in [5, 5.41) is 7.86. The molecule has 50 heavy (non-hydrogen) atoms. The van der Waals surface area contributed by atoms with E-state index in [2.05, 4.69) is 152 Å². The molecule has 10 rings (SSSR count). The number of hydrogen-bond acceptors (Lipinski definition) is 4. The van der Waals surface area contributed by atoms with Gasteiger partial charge in [0.1, 0.15) is 0 Å². The van der Waals surface area contributed by atoms with Gasteiger partial charge in [-0.05, 0) is 41.1 Å². The number of fused-ring (bicyclic) bond motifs is 8. The van der Waals surface area contributed by atoms with E-state index in [0.29, 0.717) is 0 Å². The second-order valence-corrected chi connectivity index (χ2v) is 12.6.